The predicted molar refractivity (Wildman–Crippen MR) is 60.1 cm³/mol. The van der Waals surface area contributed by atoms with Gasteiger partial charge in [-0.05, 0) is 25.5 Å². The Morgan fingerprint density at radius 1 is 1.41 bits per heavy atom. The van der Waals surface area contributed by atoms with Gasteiger partial charge in [-0.25, -0.2) is 4.39 Å². The van der Waals surface area contributed by atoms with Crippen molar-refractivity contribution in [2.75, 3.05) is 13.2 Å². The molecule has 0 fully saturated rings. The molecule has 1 N–H and O–H groups in total. The van der Waals surface area contributed by atoms with E-state index >= 15 is 0 Å². The third-order valence-electron chi connectivity index (χ3n) is 2.14. The highest BCUT2D eigenvalue weighted by atomic mass is 19.1. The minimum atomic E-state index is -0.626. The summed E-state index contributed by atoms with van der Waals surface area (Å²) in [5, 5.41) is 2.30. The molecule has 92 valence electrons. The molecule has 0 radical (unpaired) electrons. The molecule has 0 spiro atoms. The van der Waals surface area contributed by atoms with Crippen molar-refractivity contribution in [3.8, 4) is 0 Å². The Labute approximate surface area is 98.8 Å². The number of esters is 1. The first-order chi connectivity index (χ1) is 8.06. The number of carbonyl (C=O) groups is 2. The fraction of sp³-hybridized carbons (Fsp3) is 0.333. The third kappa shape index (κ3) is 3.55. The number of hydrogen-bond donors (Lipinski definition) is 1. The van der Waals surface area contributed by atoms with E-state index in [1.54, 1.807) is 26.0 Å². The lowest BCUT2D eigenvalue weighted by Crippen LogP contribution is -2.31. The number of nitrogens with one attached hydrogen (secondary N) is 1. The van der Waals surface area contributed by atoms with Gasteiger partial charge in [0.25, 0.3) is 5.91 Å². The summed E-state index contributed by atoms with van der Waals surface area (Å²) in [4.78, 5) is 22.6. The molecule has 0 heterocycles. The van der Waals surface area contributed by atoms with E-state index in [2.05, 4.69) is 10.1 Å². The van der Waals surface area contributed by atoms with E-state index in [0.29, 0.717) is 5.56 Å². The van der Waals surface area contributed by atoms with Gasteiger partial charge in [0.1, 0.15) is 12.4 Å². The van der Waals surface area contributed by atoms with Crippen molar-refractivity contribution in [2.24, 2.45) is 0 Å². The number of aryl methyl sites for hydroxylation is 1. The van der Waals surface area contributed by atoms with Gasteiger partial charge in [0.2, 0.25) is 0 Å². The van der Waals surface area contributed by atoms with Gasteiger partial charge in [-0.15, -0.1) is 0 Å². The molecule has 0 saturated heterocycles. The van der Waals surface area contributed by atoms with Gasteiger partial charge in [0, 0.05) is 0 Å². The van der Waals surface area contributed by atoms with Crippen LogP contribution in [0.25, 0.3) is 0 Å². The molecule has 5 heteroatoms. The van der Waals surface area contributed by atoms with Gasteiger partial charge >= 0.3 is 5.97 Å². The number of carbonyl (C=O) groups excluding carboxylic acids is 2. The molecule has 0 unspecified atom stereocenters. The molecule has 0 aliphatic rings. The fourth-order valence-corrected chi connectivity index (χ4v) is 1.28. The van der Waals surface area contributed by atoms with Crippen LogP contribution in [0.15, 0.2) is 18.2 Å². The van der Waals surface area contributed by atoms with E-state index in [-0.39, 0.29) is 18.7 Å². The first-order valence-electron chi connectivity index (χ1n) is 5.25. The molecule has 0 aromatic heterocycles. The lowest BCUT2D eigenvalue weighted by Gasteiger charge is -2.06. The normalized spacial score (nSPS) is 9.82. The topological polar surface area (TPSA) is 55.4 Å². The summed E-state index contributed by atoms with van der Waals surface area (Å²) in [5.41, 5.74) is 0.308. The van der Waals surface area contributed by atoms with Crippen LogP contribution in [-0.4, -0.2) is 25.0 Å². The Hall–Kier alpha value is -1.91. The van der Waals surface area contributed by atoms with Gasteiger partial charge in [-0.2, -0.15) is 0 Å². The Kier molecular flexibility index (Phi) is 4.63. The number of rotatable bonds is 4. The second-order valence-corrected chi connectivity index (χ2v) is 3.42. The van der Waals surface area contributed by atoms with Crippen molar-refractivity contribution in [3.63, 3.8) is 0 Å². The second-order valence-electron chi connectivity index (χ2n) is 3.42. The smallest absolute Gasteiger partial charge is 0.325 e. The lowest BCUT2D eigenvalue weighted by atomic mass is 10.1. The van der Waals surface area contributed by atoms with E-state index in [9.17, 15) is 14.0 Å². The van der Waals surface area contributed by atoms with Crippen molar-refractivity contribution in [3.05, 3.63) is 35.1 Å². The van der Waals surface area contributed by atoms with Crippen molar-refractivity contribution in [2.45, 2.75) is 13.8 Å². The Bertz CT molecular complexity index is 432. The van der Waals surface area contributed by atoms with Crippen molar-refractivity contribution < 1.29 is 18.7 Å². The van der Waals surface area contributed by atoms with Crippen LogP contribution in [0.1, 0.15) is 22.8 Å². The summed E-state index contributed by atoms with van der Waals surface area (Å²) in [5.74, 6) is -1.75. The summed E-state index contributed by atoms with van der Waals surface area (Å²) in [7, 11) is 0. The molecule has 0 aliphatic heterocycles. The Morgan fingerprint density at radius 3 is 2.76 bits per heavy atom. The highest BCUT2D eigenvalue weighted by Gasteiger charge is 2.13. The van der Waals surface area contributed by atoms with Crippen LogP contribution in [0.2, 0.25) is 0 Å². The maximum atomic E-state index is 13.5. The van der Waals surface area contributed by atoms with Crippen LogP contribution < -0.4 is 5.32 Å². The van der Waals surface area contributed by atoms with Crippen LogP contribution >= 0.6 is 0 Å². The summed E-state index contributed by atoms with van der Waals surface area (Å²) < 4.78 is 18.2. The lowest BCUT2D eigenvalue weighted by molar-refractivity contribution is -0.141. The average Bonchev–Trinajstić information content (AvgIpc) is 2.30. The minimum Gasteiger partial charge on any atom is -0.465 e. The summed E-state index contributed by atoms with van der Waals surface area (Å²) in [6.45, 7) is 3.21. The average molecular weight is 239 g/mol. The number of halogens is 1. The van der Waals surface area contributed by atoms with Crippen molar-refractivity contribution in [1.29, 1.82) is 0 Å². The summed E-state index contributed by atoms with van der Waals surface area (Å²) in [6, 6.07) is 4.51. The van der Waals surface area contributed by atoms with E-state index < -0.39 is 17.7 Å². The number of amides is 1. The number of benzene rings is 1. The highest BCUT2D eigenvalue weighted by molar-refractivity contribution is 5.96. The Balaban J connectivity index is 2.64. The van der Waals surface area contributed by atoms with E-state index in [1.807, 2.05) is 0 Å². The molecule has 0 saturated carbocycles. The van der Waals surface area contributed by atoms with Gasteiger partial charge in [-0.1, -0.05) is 12.1 Å². The minimum absolute atomic E-state index is 0.0747. The van der Waals surface area contributed by atoms with Crippen LogP contribution in [0.3, 0.4) is 0 Å². The molecule has 0 atom stereocenters. The van der Waals surface area contributed by atoms with Gasteiger partial charge in [-0.3, -0.25) is 9.59 Å². The molecule has 1 rings (SSSR count). The number of hydrogen-bond acceptors (Lipinski definition) is 3. The molecule has 0 aliphatic carbocycles. The predicted octanol–water partition coefficient (Wildman–Crippen LogP) is 1.43. The zero-order valence-electron chi connectivity index (χ0n) is 9.75. The third-order valence-corrected chi connectivity index (χ3v) is 2.14. The van der Waals surface area contributed by atoms with E-state index in [4.69, 9.17) is 0 Å². The summed E-state index contributed by atoms with van der Waals surface area (Å²) >= 11 is 0. The van der Waals surface area contributed by atoms with Gasteiger partial charge < -0.3 is 10.1 Å². The summed E-state index contributed by atoms with van der Waals surface area (Å²) in [6.07, 6.45) is 0. The van der Waals surface area contributed by atoms with Gasteiger partial charge in [0.15, 0.2) is 0 Å². The first kappa shape index (κ1) is 13.2. The molecule has 4 nitrogen and oxygen atoms in total. The monoisotopic (exact) mass is 239 g/mol. The van der Waals surface area contributed by atoms with Crippen LogP contribution in [0.4, 0.5) is 4.39 Å². The zero-order valence-corrected chi connectivity index (χ0v) is 9.75. The highest BCUT2D eigenvalue weighted by Crippen LogP contribution is 2.11. The molecule has 1 aromatic carbocycles. The van der Waals surface area contributed by atoms with Crippen molar-refractivity contribution in [1.82, 2.24) is 5.32 Å². The van der Waals surface area contributed by atoms with Gasteiger partial charge in [0.05, 0.1) is 12.2 Å². The largest absolute Gasteiger partial charge is 0.465 e. The van der Waals surface area contributed by atoms with E-state index in [1.165, 1.54) is 6.07 Å². The fourth-order valence-electron chi connectivity index (χ4n) is 1.28. The maximum absolute atomic E-state index is 13.5. The molecule has 0 bridgehead atoms. The molecule has 17 heavy (non-hydrogen) atoms. The Morgan fingerprint density at radius 2 is 2.12 bits per heavy atom. The van der Waals surface area contributed by atoms with E-state index in [0.717, 1.165) is 0 Å². The second kappa shape index (κ2) is 5.98. The van der Waals surface area contributed by atoms with Crippen LogP contribution in [0, 0.1) is 12.7 Å². The standard InChI is InChI=1S/C12H14FNO3/c1-3-17-10(15)7-14-12(16)9-6-4-5-8(2)11(9)13/h4-6H,3,7H2,1-2H3,(H,14,16). The SMILES string of the molecule is CCOC(=O)CNC(=O)c1cccc(C)c1F. The van der Waals surface area contributed by atoms with Crippen LogP contribution in [0.5, 0.6) is 0 Å². The van der Waals surface area contributed by atoms with Crippen LogP contribution in [-0.2, 0) is 9.53 Å². The maximum Gasteiger partial charge on any atom is 0.325 e. The molecular weight excluding hydrogens is 225 g/mol. The molecule has 1 amide bonds. The van der Waals surface area contributed by atoms with Crippen molar-refractivity contribution >= 4 is 11.9 Å². The molecular formula is C12H14FNO3. The molecule has 1 aromatic rings. The zero-order chi connectivity index (χ0) is 12.8. The first-order valence-corrected chi connectivity index (χ1v) is 5.25. The quantitative estimate of drug-likeness (QED) is 0.808. The number of ether oxygens (including phenoxy) is 1.